The Morgan fingerprint density at radius 1 is 1.00 bits per heavy atom. The van der Waals surface area contributed by atoms with E-state index in [-0.39, 0.29) is 13.0 Å². The van der Waals surface area contributed by atoms with Gasteiger partial charge in [-0.15, -0.1) is 0 Å². The molecule has 1 N–H and O–H groups in total. The summed E-state index contributed by atoms with van der Waals surface area (Å²) in [6.45, 7) is 3.72. The van der Waals surface area contributed by atoms with Gasteiger partial charge in [-0.25, -0.2) is 0 Å². The van der Waals surface area contributed by atoms with Crippen LogP contribution in [-0.4, -0.2) is 23.7 Å². The molecular weight excluding hydrogens is 484 g/mol. The van der Waals surface area contributed by atoms with Gasteiger partial charge in [-0.05, 0) is 74.6 Å². The van der Waals surface area contributed by atoms with Gasteiger partial charge in [0.25, 0.3) is 0 Å². The van der Waals surface area contributed by atoms with Gasteiger partial charge in [0.1, 0.15) is 12.4 Å². The van der Waals surface area contributed by atoms with Crippen molar-refractivity contribution in [1.29, 1.82) is 0 Å². The zero-order valence-corrected chi connectivity index (χ0v) is 21.4. The third-order valence-electron chi connectivity index (χ3n) is 5.63. The summed E-state index contributed by atoms with van der Waals surface area (Å²) in [5.41, 5.74) is 0.456. The van der Waals surface area contributed by atoms with E-state index in [1.165, 1.54) is 6.92 Å². The number of carboxylic acids is 1. The number of benzene rings is 3. The van der Waals surface area contributed by atoms with E-state index in [1.807, 2.05) is 72.8 Å². The van der Waals surface area contributed by atoms with Crippen LogP contribution in [0.25, 0.3) is 0 Å². The number of carbonyl (C=O) groups excluding carboxylic acids is 1. The fraction of sp³-hybridized carbons (Fsp3) is 0.286. The van der Waals surface area contributed by atoms with Crippen LogP contribution in [-0.2, 0) is 27.4 Å². The summed E-state index contributed by atoms with van der Waals surface area (Å²) in [4.78, 5) is 25.8. The maximum atomic E-state index is 12.1. The number of hydrogen-bond acceptors (Lipinski definition) is 5. The van der Waals surface area contributed by atoms with Crippen molar-refractivity contribution in [2.45, 2.75) is 49.5 Å². The molecular formula is C28H29ClO5S. The van der Waals surface area contributed by atoms with E-state index in [1.54, 1.807) is 18.7 Å². The topological polar surface area (TPSA) is 72.8 Å². The molecule has 0 bridgehead atoms. The minimum Gasteiger partial charge on any atom is -0.489 e. The Kier molecular flexibility index (Phi) is 9.64. The Bertz CT molecular complexity index is 1150. The molecule has 0 saturated heterocycles. The van der Waals surface area contributed by atoms with E-state index in [9.17, 15) is 14.7 Å². The zero-order chi connectivity index (χ0) is 25.3. The zero-order valence-electron chi connectivity index (χ0n) is 19.8. The molecule has 0 spiro atoms. The maximum Gasteiger partial charge on any atom is 0.323 e. The molecule has 0 heterocycles. The van der Waals surface area contributed by atoms with Crippen LogP contribution in [0.15, 0.2) is 82.6 Å². The first-order chi connectivity index (χ1) is 16.8. The smallest absolute Gasteiger partial charge is 0.323 e. The minimum atomic E-state index is -1.56. The first-order valence-electron chi connectivity index (χ1n) is 11.5. The van der Waals surface area contributed by atoms with E-state index < -0.39 is 17.4 Å². The van der Waals surface area contributed by atoms with E-state index in [2.05, 4.69) is 0 Å². The molecule has 0 fully saturated rings. The van der Waals surface area contributed by atoms with Gasteiger partial charge in [0.2, 0.25) is 0 Å². The molecule has 3 aromatic carbocycles. The number of aryl methyl sites for hydroxylation is 1. The highest BCUT2D eigenvalue weighted by atomic mass is 35.5. The van der Waals surface area contributed by atoms with E-state index >= 15 is 0 Å². The lowest BCUT2D eigenvalue weighted by Crippen LogP contribution is -2.38. The van der Waals surface area contributed by atoms with Crippen LogP contribution >= 0.6 is 23.4 Å². The van der Waals surface area contributed by atoms with Crippen molar-refractivity contribution >= 4 is 35.3 Å². The molecule has 0 amide bonds. The highest BCUT2D eigenvalue weighted by Crippen LogP contribution is 2.34. The molecule has 0 radical (unpaired) electrons. The summed E-state index contributed by atoms with van der Waals surface area (Å²) in [5, 5.41) is 10.1. The van der Waals surface area contributed by atoms with E-state index in [0.717, 1.165) is 26.7 Å². The summed E-state index contributed by atoms with van der Waals surface area (Å²) >= 11 is 8.11. The van der Waals surface area contributed by atoms with Crippen molar-refractivity contribution < 1.29 is 24.2 Å². The molecule has 0 aliphatic heterocycles. The number of carboxylic acid groups (broad SMARTS) is 1. The van der Waals surface area contributed by atoms with Crippen molar-refractivity contribution in [2.24, 2.45) is 5.41 Å². The largest absolute Gasteiger partial charge is 0.489 e. The van der Waals surface area contributed by atoms with Crippen molar-refractivity contribution in [3.05, 3.63) is 88.9 Å². The van der Waals surface area contributed by atoms with Gasteiger partial charge in [0, 0.05) is 14.8 Å². The number of hydrogen-bond donors (Lipinski definition) is 1. The lowest BCUT2D eigenvalue weighted by atomic mass is 9.84. The van der Waals surface area contributed by atoms with E-state index in [0.29, 0.717) is 24.5 Å². The normalized spacial score (nSPS) is 12.5. The Hall–Kier alpha value is -2.96. The molecule has 5 nitrogen and oxygen atoms in total. The molecule has 7 heteroatoms. The molecule has 184 valence electrons. The summed E-state index contributed by atoms with van der Waals surface area (Å²) in [7, 11) is 0. The molecule has 0 aliphatic rings. The van der Waals surface area contributed by atoms with Crippen molar-refractivity contribution in [3.63, 3.8) is 0 Å². The fourth-order valence-corrected chi connectivity index (χ4v) is 4.76. The van der Waals surface area contributed by atoms with Gasteiger partial charge in [0.05, 0.1) is 6.61 Å². The highest BCUT2D eigenvalue weighted by molar-refractivity contribution is 7.99. The second kappa shape index (κ2) is 12.7. The quantitative estimate of drug-likeness (QED) is 0.207. The van der Waals surface area contributed by atoms with Gasteiger partial charge < -0.3 is 14.6 Å². The second-order valence-corrected chi connectivity index (χ2v) is 9.87. The lowest BCUT2D eigenvalue weighted by Gasteiger charge is -2.22. The molecule has 0 saturated carbocycles. The molecule has 3 rings (SSSR count). The first-order valence-corrected chi connectivity index (χ1v) is 12.6. The van der Waals surface area contributed by atoms with Crippen LogP contribution in [0, 0.1) is 5.41 Å². The number of halogens is 1. The molecule has 1 unspecified atom stereocenters. The number of rotatable bonds is 12. The summed E-state index contributed by atoms with van der Waals surface area (Å²) in [6.07, 6.45) is 1.23. The predicted molar refractivity (Wildman–Crippen MR) is 138 cm³/mol. The Balaban J connectivity index is 1.58. The van der Waals surface area contributed by atoms with Gasteiger partial charge in [-0.3, -0.25) is 9.59 Å². The van der Waals surface area contributed by atoms with Crippen LogP contribution in [0.2, 0.25) is 5.02 Å². The van der Waals surface area contributed by atoms with Crippen molar-refractivity contribution in [2.75, 3.05) is 6.61 Å². The molecule has 0 aromatic heterocycles. The van der Waals surface area contributed by atoms with Crippen molar-refractivity contribution in [3.8, 4) is 5.75 Å². The molecule has 0 aliphatic carbocycles. The highest BCUT2D eigenvalue weighted by Gasteiger charge is 2.42. The summed E-state index contributed by atoms with van der Waals surface area (Å²) in [5.74, 6) is -1.09. The summed E-state index contributed by atoms with van der Waals surface area (Å²) < 4.78 is 10.9. The Morgan fingerprint density at radius 2 is 1.74 bits per heavy atom. The van der Waals surface area contributed by atoms with Gasteiger partial charge in [-0.2, -0.15) is 0 Å². The lowest BCUT2D eigenvalue weighted by molar-refractivity contribution is -0.167. The monoisotopic (exact) mass is 512 g/mol. The predicted octanol–water partition coefficient (Wildman–Crippen LogP) is 7.05. The maximum absolute atomic E-state index is 12.1. The Morgan fingerprint density at radius 3 is 2.43 bits per heavy atom. The SMILES string of the molecule is CCOC(=O)C(C)(CCCc1ccc(Sc2cccc(OCc3ccccc3)c2)cc1Cl)C(=O)O. The molecule has 3 aromatic rings. The van der Waals surface area contributed by atoms with Crippen LogP contribution in [0.5, 0.6) is 5.75 Å². The van der Waals surface area contributed by atoms with Gasteiger partial charge in [-0.1, -0.05) is 65.8 Å². The standard InChI is InChI=1S/C28H29ClO5S/c1-3-33-27(32)28(2,26(30)31)16-8-11-21-14-15-24(18-25(21)29)35-23-13-7-12-22(17-23)34-19-20-9-5-4-6-10-20/h4-7,9-10,12-15,17-18H,3,8,11,16,19H2,1-2H3,(H,30,31). The molecule has 1 atom stereocenters. The summed E-state index contributed by atoms with van der Waals surface area (Å²) in [6, 6.07) is 23.8. The van der Waals surface area contributed by atoms with Gasteiger partial charge >= 0.3 is 11.9 Å². The first kappa shape index (κ1) is 26.6. The van der Waals surface area contributed by atoms with E-state index in [4.69, 9.17) is 21.1 Å². The number of carbonyl (C=O) groups is 2. The minimum absolute atomic E-state index is 0.148. The number of aliphatic carboxylic acids is 1. The van der Waals surface area contributed by atoms with Gasteiger partial charge in [0.15, 0.2) is 5.41 Å². The fourth-order valence-electron chi connectivity index (χ4n) is 3.52. The third-order valence-corrected chi connectivity index (χ3v) is 6.97. The number of esters is 1. The van der Waals surface area contributed by atoms with Crippen molar-refractivity contribution in [1.82, 2.24) is 0 Å². The Labute approximate surface area is 215 Å². The van der Waals surface area contributed by atoms with Crippen LogP contribution in [0.4, 0.5) is 0 Å². The van der Waals surface area contributed by atoms with Crippen LogP contribution in [0.3, 0.4) is 0 Å². The average Bonchev–Trinajstić information content (AvgIpc) is 2.85. The second-order valence-electron chi connectivity index (χ2n) is 8.32. The third kappa shape index (κ3) is 7.51. The number of ether oxygens (including phenoxy) is 2. The molecule has 35 heavy (non-hydrogen) atoms. The van der Waals surface area contributed by atoms with Crippen LogP contribution in [0.1, 0.15) is 37.8 Å². The average molecular weight is 513 g/mol. The van der Waals surface area contributed by atoms with Crippen LogP contribution < -0.4 is 4.74 Å².